The number of nitrogens with two attached hydrogens (primary N) is 1. The van der Waals surface area contributed by atoms with Crippen LogP contribution in [0.15, 0.2) is 24.5 Å². The van der Waals surface area contributed by atoms with Crippen molar-refractivity contribution in [2.75, 3.05) is 11.1 Å². The molecule has 3 fully saturated rings. The van der Waals surface area contributed by atoms with Crippen LogP contribution in [0.1, 0.15) is 67.4 Å². The number of carbonyl (C=O) groups is 1. The van der Waals surface area contributed by atoms with Crippen LogP contribution >= 0.6 is 0 Å². The third-order valence-electron chi connectivity index (χ3n) is 6.93. The van der Waals surface area contributed by atoms with E-state index in [1.54, 1.807) is 17.6 Å². The fraction of sp³-hybridized carbons (Fsp3) is 0.478. The molecule has 1 unspecified atom stereocenters. The summed E-state index contributed by atoms with van der Waals surface area (Å²) >= 11 is 0. The summed E-state index contributed by atoms with van der Waals surface area (Å²) in [5, 5.41) is 11.5. The van der Waals surface area contributed by atoms with Gasteiger partial charge in [-0.1, -0.05) is 0 Å². The van der Waals surface area contributed by atoms with Crippen molar-refractivity contribution >= 4 is 23.1 Å². The van der Waals surface area contributed by atoms with Gasteiger partial charge in [-0.05, 0) is 57.6 Å². The molecule has 31 heavy (non-hydrogen) atoms. The molecule has 2 aliphatic heterocycles. The summed E-state index contributed by atoms with van der Waals surface area (Å²) in [5.41, 5.74) is 10.4. The number of nitrogens with zero attached hydrogens (tertiary/aromatic N) is 4. The number of fused-ring (bicyclic) bond motifs is 3. The highest BCUT2D eigenvalue weighted by Gasteiger charge is 2.37. The molecule has 3 aromatic heterocycles. The van der Waals surface area contributed by atoms with Crippen LogP contribution in [-0.2, 0) is 0 Å². The Morgan fingerprint density at radius 3 is 2.58 bits per heavy atom. The van der Waals surface area contributed by atoms with E-state index in [1.165, 1.54) is 25.7 Å². The molecule has 2 bridgehead atoms. The number of Topliss-reactive ketones (excluding diaryl/α,β-unsaturated/α-hetero) is 1. The maximum Gasteiger partial charge on any atom is 0.165 e. The van der Waals surface area contributed by atoms with E-state index in [2.05, 4.69) is 20.7 Å². The highest BCUT2D eigenvalue weighted by molar-refractivity contribution is 6.00. The van der Waals surface area contributed by atoms with Gasteiger partial charge in [0.25, 0.3) is 0 Å². The molecule has 160 valence electrons. The first-order valence-electron chi connectivity index (χ1n) is 11.2. The summed E-state index contributed by atoms with van der Waals surface area (Å²) in [6.07, 6.45) is 10.4. The number of hydrogen-bond acceptors (Lipinski definition) is 7. The van der Waals surface area contributed by atoms with E-state index in [4.69, 9.17) is 10.7 Å². The van der Waals surface area contributed by atoms with Crippen molar-refractivity contribution < 1.29 is 4.79 Å². The Balaban J connectivity index is 1.44. The predicted octanol–water partition coefficient (Wildman–Crippen LogP) is 3.15. The second-order valence-corrected chi connectivity index (χ2v) is 9.26. The van der Waals surface area contributed by atoms with E-state index >= 15 is 0 Å². The number of aromatic nitrogens is 4. The first-order chi connectivity index (χ1) is 15.1. The van der Waals surface area contributed by atoms with Crippen LogP contribution in [0.4, 0.5) is 11.6 Å². The van der Waals surface area contributed by atoms with Crippen molar-refractivity contribution in [2.24, 2.45) is 0 Å². The molecule has 0 amide bonds. The van der Waals surface area contributed by atoms with Crippen molar-refractivity contribution in [3.63, 3.8) is 0 Å². The lowest BCUT2D eigenvalue weighted by molar-refractivity contribution is 0.101. The number of hydrogen-bond donors (Lipinski definition) is 3. The maximum absolute atomic E-state index is 12.6. The van der Waals surface area contributed by atoms with E-state index in [9.17, 15) is 4.79 Å². The minimum absolute atomic E-state index is 0.0537. The standard InChI is InChI=1S/C23H27N7O/c1-12(31)20-21(14-8-16-5-6-17(9-14)27-16)29-23-18(11-26-30(23)22(20)24)13-2-7-19(25-10-13)28-15-3-4-15/h2,7,10-11,14-17,27H,3-6,8-9,24H2,1H3,(H,25,28)/t14?,16-,17+. The van der Waals surface area contributed by atoms with Crippen molar-refractivity contribution in [1.29, 1.82) is 0 Å². The highest BCUT2D eigenvalue weighted by atomic mass is 16.1. The molecule has 0 aromatic carbocycles. The van der Waals surface area contributed by atoms with Crippen LogP contribution < -0.4 is 16.4 Å². The van der Waals surface area contributed by atoms with E-state index < -0.39 is 0 Å². The van der Waals surface area contributed by atoms with Crippen molar-refractivity contribution in [2.45, 2.75) is 69.5 Å². The number of nitrogens with one attached hydrogen (secondary N) is 2. The Kier molecular flexibility index (Phi) is 4.24. The van der Waals surface area contributed by atoms with Crippen molar-refractivity contribution in [1.82, 2.24) is 24.9 Å². The molecule has 3 aromatic rings. The Labute approximate surface area is 180 Å². The number of nitrogen functional groups attached to an aromatic ring is 1. The molecule has 1 saturated carbocycles. The van der Waals surface area contributed by atoms with Gasteiger partial charge >= 0.3 is 0 Å². The molecule has 3 atom stereocenters. The zero-order chi connectivity index (χ0) is 21.1. The van der Waals surface area contributed by atoms with Gasteiger partial charge in [0.2, 0.25) is 0 Å². The molecule has 8 heteroatoms. The van der Waals surface area contributed by atoms with Gasteiger partial charge < -0.3 is 16.4 Å². The Hall–Kier alpha value is -3.00. The number of ketones is 1. The number of pyridine rings is 1. The van der Waals surface area contributed by atoms with Gasteiger partial charge in [0.05, 0.1) is 17.5 Å². The SMILES string of the molecule is CC(=O)c1c(C2C[C@H]3CC[C@@H](C2)N3)nc2c(-c3ccc(NC4CC4)nc3)cnn2c1N. The summed E-state index contributed by atoms with van der Waals surface area (Å²) in [7, 11) is 0. The van der Waals surface area contributed by atoms with Gasteiger partial charge in [-0.15, -0.1) is 0 Å². The zero-order valence-electron chi connectivity index (χ0n) is 17.6. The molecule has 8 nitrogen and oxygen atoms in total. The van der Waals surface area contributed by atoms with Crippen LogP contribution in [0.3, 0.4) is 0 Å². The minimum Gasteiger partial charge on any atom is -0.383 e. The van der Waals surface area contributed by atoms with Crippen LogP contribution in [0.5, 0.6) is 0 Å². The average Bonchev–Trinajstić information content (AvgIpc) is 3.37. The van der Waals surface area contributed by atoms with Gasteiger partial charge in [0, 0.05) is 41.4 Å². The fourth-order valence-corrected chi connectivity index (χ4v) is 5.25. The number of piperidine rings is 1. The maximum atomic E-state index is 12.6. The molecule has 6 rings (SSSR count). The van der Waals surface area contributed by atoms with Crippen molar-refractivity contribution in [3.05, 3.63) is 35.8 Å². The topological polar surface area (TPSA) is 110 Å². The van der Waals surface area contributed by atoms with E-state index in [0.717, 1.165) is 35.5 Å². The lowest BCUT2D eigenvalue weighted by atomic mass is 9.86. The fourth-order valence-electron chi connectivity index (χ4n) is 5.25. The Morgan fingerprint density at radius 1 is 1.16 bits per heavy atom. The van der Waals surface area contributed by atoms with Gasteiger partial charge in [0.15, 0.2) is 11.4 Å². The minimum atomic E-state index is -0.0537. The van der Waals surface area contributed by atoms with Crippen molar-refractivity contribution in [3.8, 4) is 11.1 Å². The van der Waals surface area contributed by atoms with Gasteiger partial charge in [-0.3, -0.25) is 4.79 Å². The largest absolute Gasteiger partial charge is 0.383 e. The van der Waals surface area contributed by atoms with Crippen LogP contribution in [-0.4, -0.2) is 43.5 Å². The lowest BCUT2D eigenvalue weighted by Crippen LogP contribution is -2.38. The third kappa shape index (κ3) is 3.26. The highest BCUT2D eigenvalue weighted by Crippen LogP contribution is 2.40. The summed E-state index contributed by atoms with van der Waals surface area (Å²) in [5.74, 6) is 1.45. The van der Waals surface area contributed by atoms with E-state index in [1.807, 2.05) is 18.3 Å². The molecule has 5 heterocycles. The number of carbonyl (C=O) groups excluding carboxylic acids is 1. The molecule has 1 aliphatic carbocycles. The molecular formula is C23H27N7O. The lowest BCUT2D eigenvalue weighted by Gasteiger charge is -2.30. The summed E-state index contributed by atoms with van der Waals surface area (Å²) < 4.78 is 1.60. The summed E-state index contributed by atoms with van der Waals surface area (Å²) in [4.78, 5) is 22.1. The molecule has 2 saturated heterocycles. The van der Waals surface area contributed by atoms with Gasteiger partial charge in [0.1, 0.15) is 11.6 Å². The average molecular weight is 418 g/mol. The Morgan fingerprint density at radius 2 is 1.94 bits per heavy atom. The second kappa shape index (κ2) is 7.02. The molecule has 0 spiro atoms. The van der Waals surface area contributed by atoms with E-state index in [-0.39, 0.29) is 11.7 Å². The monoisotopic (exact) mass is 417 g/mol. The second-order valence-electron chi connectivity index (χ2n) is 9.26. The number of rotatable bonds is 5. The molecule has 3 aliphatic rings. The van der Waals surface area contributed by atoms with Gasteiger partial charge in [-0.25, -0.2) is 9.97 Å². The van der Waals surface area contributed by atoms with Gasteiger partial charge in [-0.2, -0.15) is 9.61 Å². The first kappa shape index (κ1) is 18.7. The van der Waals surface area contributed by atoms with E-state index in [0.29, 0.717) is 35.2 Å². The summed E-state index contributed by atoms with van der Waals surface area (Å²) in [6, 6.07) is 5.60. The summed E-state index contributed by atoms with van der Waals surface area (Å²) in [6.45, 7) is 1.57. The quantitative estimate of drug-likeness (QED) is 0.547. The number of anilines is 2. The van der Waals surface area contributed by atoms with Crippen LogP contribution in [0.2, 0.25) is 0 Å². The Bertz CT molecular complexity index is 1150. The zero-order valence-corrected chi connectivity index (χ0v) is 17.6. The molecule has 4 N–H and O–H groups in total. The van der Waals surface area contributed by atoms with Crippen LogP contribution in [0, 0.1) is 0 Å². The van der Waals surface area contributed by atoms with Crippen LogP contribution in [0.25, 0.3) is 16.8 Å². The smallest absolute Gasteiger partial charge is 0.165 e. The normalized spacial score (nSPS) is 25.1. The first-order valence-corrected chi connectivity index (χ1v) is 11.2. The molecular weight excluding hydrogens is 390 g/mol. The molecule has 0 radical (unpaired) electrons. The third-order valence-corrected chi connectivity index (χ3v) is 6.93. The predicted molar refractivity (Wildman–Crippen MR) is 119 cm³/mol.